The minimum atomic E-state index is -0.688. The van der Waals surface area contributed by atoms with Gasteiger partial charge >= 0.3 is 5.97 Å². The molecule has 40 heavy (non-hydrogen) atoms. The quantitative estimate of drug-likeness (QED) is 0.307. The highest BCUT2D eigenvalue weighted by atomic mass is 19.1. The summed E-state index contributed by atoms with van der Waals surface area (Å²) in [5, 5.41) is 8.29. The van der Waals surface area contributed by atoms with Crippen LogP contribution in [0, 0.1) is 17.7 Å². The number of carbonyl (C=O) groups is 2. The zero-order valence-electron chi connectivity index (χ0n) is 23.5. The van der Waals surface area contributed by atoms with Gasteiger partial charge in [-0.25, -0.2) is 14.2 Å². The number of pyridine rings is 1. The molecule has 1 amide bonds. The van der Waals surface area contributed by atoms with Gasteiger partial charge in [0.05, 0.1) is 37.3 Å². The summed E-state index contributed by atoms with van der Waals surface area (Å²) in [7, 11) is 1.26. The number of aromatic nitrogens is 4. The minimum absolute atomic E-state index is 0.0690. The first-order chi connectivity index (χ1) is 19.2. The molecular weight excluding hydrogens is 513 g/mol. The van der Waals surface area contributed by atoms with E-state index in [4.69, 9.17) is 9.47 Å². The zero-order valence-corrected chi connectivity index (χ0v) is 23.5. The maximum atomic E-state index is 15.7. The molecule has 2 saturated carbocycles. The Kier molecular flexibility index (Phi) is 8.14. The number of rotatable bonds is 9. The van der Waals surface area contributed by atoms with Crippen molar-refractivity contribution in [3.63, 3.8) is 0 Å². The molecule has 2 aromatic heterocycles. The molecule has 0 bridgehead atoms. The topological polar surface area (TPSA) is 99.4 Å². The van der Waals surface area contributed by atoms with Crippen LogP contribution in [0.15, 0.2) is 36.8 Å². The number of methoxy groups -OCH3 is 1. The molecule has 0 aliphatic heterocycles. The molecular formula is C30H36FN5O4. The largest absolute Gasteiger partial charge is 0.465 e. The highest BCUT2D eigenvalue weighted by Crippen LogP contribution is 2.45. The van der Waals surface area contributed by atoms with Crippen molar-refractivity contribution in [2.45, 2.75) is 77.8 Å². The number of nitrogens with zero attached hydrogens (tertiary/aromatic N) is 5. The van der Waals surface area contributed by atoms with Gasteiger partial charge in [0.25, 0.3) is 0 Å². The summed E-state index contributed by atoms with van der Waals surface area (Å²) in [5.41, 5.74) is 2.03. The van der Waals surface area contributed by atoms with Crippen molar-refractivity contribution < 1.29 is 23.5 Å². The first-order valence-electron chi connectivity index (χ1n) is 14.0. The van der Waals surface area contributed by atoms with E-state index in [9.17, 15) is 9.59 Å². The molecule has 5 rings (SSSR count). The van der Waals surface area contributed by atoms with Gasteiger partial charge in [0.2, 0.25) is 11.8 Å². The Morgan fingerprint density at radius 2 is 1.77 bits per heavy atom. The van der Waals surface area contributed by atoms with Crippen LogP contribution in [0.1, 0.15) is 86.7 Å². The van der Waals surface area contributed by atoms with Crippen molar-refractivity contribution in [2.75, 3.05) is 12.0 Å². The van der Waals surface area contributed by atoms with E-state index in [-0.39, 0.29) is 46.7 Å². The Balaban J connectivity index is 1.47. The summed E-state index contributed by atoms with van der Waals surface area (Å²) in [5.74, 6) is -0.634. The molecule has 0 spiro atoms. The van der Waals surface area contributed by atoms with Gasteiger partial charge < -0.3 is 14.4 Å². The predicted octanol–water partition coefficient (Wildman–Crippen LogP) is 5.88. The highest BCUT2D eigenvalue weighted by molar-refractivity contribution is 6.04. The summed E-state index contributed by atoms with van der Waals surface area (Å²) >= 11 is 0. The van der Waals surface area contributed by atoms with Crippen molar-refractivity contribution in [1.82, 2.24) is 20.0 Å². The predicted molar refractivity (Wildman–Crippen MR) is 147 cm³/mol. The second-order valence-corrected chi connectivity index (χ2v) is 11.2. The Hall–Kier alpha value is -3.82. The summed E-state index contributed by atoms with van der Waals surface area (Å²) in [4.78, 5) is 34.2. The van der Waals surface area contributed by atoms with E-state index in [2.05, 4.69) is 22.1 Å². The molecule has 2 fully saturated rings. The number of hydrogen-bond donors (Lipinski definition) is 0. The van der Waals surface area contributed by atoms with Crippen LogP contribution in [0.5, 0.6) is 11.6 Å². The molecule has 0 radical (unpaired) electrons. The molecule has 212 valence electrons. The van der Waals surface area contributed by atoms with Crippen LogP contribution in [-0.4, -0.2) is 45.0 Å². The molecule has 0 atom stereocenters. The number of benzene rings is 1. The van der Waals surface area contributed by atoms with Gasteiger partial charge in [0, 0.05) is 35.9 Å². The van der Waals surface area contributed by atoms with Crippen molar-refractivity contribution in [3.8, 4) is 11.6 Å². The van der Waals surface area contributed by atoms with E-state index < -0.39 is 11.8 Å². The average molecular weight is 550 g/mol. The van der Waals surface area contributed by atoms with Crippen LogP contribution < -0.4 is 9.64 Å². The summed E-state index contributed by atoms with van der Waals surface area (Å²) in [6, 6.07) is 4.23. The SMILES string of the molecule is COC(=O)c1cc(Oc2ncc(Cn3nccn3)cc2C2CC2)c(F)cc1N(C(=O)C1CCC(C)CC1)C(C)C. The van der Waals surface area contributed by atoms with E-state index in [0.717, 1.165) is 49.7 Å². The normalized spacial score (nSPS) is 18.9. The van der Waals surface area contributed by atoms with Gasteiger partial charge in [-0.15, -0.1) is 0 Å². The summed E-state index contributed by atoms with van der Waals surface area (Å²) in [6.07, 6.45) is 10.4. The number of esters is 1. The van der Waals surface area contributed by atoms with Crippen LogP contribution in [0.25, 0.3) is 0 Å². The lowest BCUT2D eigenvalue weighted by Crippen LogP contribution is -2.43. The molecule has 10 heteroatoms. The Labute approximate surface area is 233 Å². The maximum absolute atomic E-state index is 15.7. The van der Waals surface area contributed by atoms with Crippen LogP contribution in [-0.2, 0) is 16.1 Å². The van der Waals surface area contributed by atoms with E-state index in [1.807, 2.05) is 19.9 Å². The lowest BCUT2D eigenvalue weighted by Gasteiger charge is -2.34. The second kappa shape index (κ2) is 11.7. The molecule has 0 unspecified atom stereocenters. The monoisotopic (exact) mass is 549 g/mol. The van der Waals surface area contributed by atoms with Gasteiger partial charge in [0.15, 0.2) is 11.6 Å². The third-order valence-corrected chi connectivity index (χ3v) is 7.78. The van der Waals surface area contributed by atoms with Crippen LogP contribution in [0.4, 0.5) is 10.1 Å². The molecule has 9 nitrogen and oxygen atoms in total. The number of ether oxygens (including phenoxy) is 2. The first-order valence-corrected chi connectivity index (χ1v) is 14.0. The minimum Gasteiger partial charge on any atom is -0.465 e. The first kappa shape index (κ1) is 27.7. The fraction of sp³-hybridized carbons (Fsp3) is 0.500. The maximum Gasteiger partial charge on any atom is 0.340 e. The van der Waals surface area contributed by atoms with Crippen molar-refractivity contribution >= 4 is 17.6 Å². The molecule has 2 aliphatic rings. The fourth-order valence-corrected chi connectivity index (χ4v) is 5.41. The second-order valence-electron chi connectivity index (χ2n) is 11.2. The van der Waals surface area contributed by atoms with Gasteiger partial charge in [-0.05, 0) is 75.8 Å². The van der Waals surface area contributed by atoms with Crippen molar-refractivity contribution in [2.24, 2.45) is 11.8 Å². The van der Waals surface area contributed by atoms with E-state index in [1.165, 1.54) is 24.1 Å². The molecule has 2 aliphatic carbocycles. The number of carbonyl (C=O) groups excluding carboxylic acids is 2. The Bertz CT molecular complexity index is 1360. The van der Waals surface area contributed by atoms with E-state index in [0.29, 0.717) is 12.5 Å². The van der Waals surface area contributed by atoms with Gasteiger partial charge in [-0.1, -0.05) is 6.92 Å². The molecule has 2 heterocycles. The molecule has 0 N–H and O–H groups in total. The smallest absolute Gasteiger partial charge is 0.340 e. The van der Waals surface area contributed by atoms with Crippen molar-refractivity contribution in [1.29, 1.82) is 0 Å². The number of anilines is 1. The lowest BCUT2D eigenvalue weighted by atomic mass is 9.82. The summed E-state index contributed by atoms with van der Waals surface area (Å²) in [6.45, 7) is 6.37. The number of hydrogen-bond acceptors (Lipinski definition) is 7. The third kappa shape index (κ3) is 6.00. The number of halogens is 1. The average Bonchev–Trinajstić information content (AvgIpc) is 3.66. The summed E-state index contributed by atoms with van der Waals surface area (Å²) < 4.78 is 26.7. The van der Waals surface area contributed by atoms with Gasteiger partial charge in [-0.3, -0.25) is 4.79 Å². The molecule has 0 saturated heterocycles. The molecule has 1 aromatic carbocycles. The lowest BCUT2D eigenvalue weighted by molar-refractivity contribution is -0.123. The van der Waals surface area contributed by atoms with Gasteiger partial charge in [0.1, 0.15) is 0 Å². The molecule has 3 aromatic rings. The third-order valence-electron chi connectivity index (χ3n) is 7.78. The van der Waals surface area contributed by atoms with Gasteiger partial charge in [-0.2, -0.15) is 15.0 Å². The number of amides is 1. The van der Waals surface area contributed by atoms with Crippen LogP contribution >= 0.6 is 0 Å². The van der Waals surface area contributed by atoms with Crippen molar-refractivity contribution in [3.05, 3.63) is 59.3 Å². The fourth-order valence-electron chi connectivity index (χ4n) is 5.41. The standard InChI is InChI=1S/C30H36FN5O4/c1-18(2)36(29(37)22-7-5-19(3)6-8-22)26-15-25(31)27(14-24(26)30(38)39-4)40-28-23(21-9-10-21)13-20(16-32-28)17-35-33-11-12-34-35/h11-16,18-19,21-22H,5-10,17H2,1-4H3. The highest BCUT2D eigenvalue weighted by Gasteiger charge is 2.34. The van der Waals surface area contributed by atoms with E-state index in [1.54, 1.807) is 23.4 Å². The zero-order chi connectivity index (χ0) is 28.4. The van der Waals surface area contributed by atoms with Crippen LogP contribution in [0.3, 0.4) is 0 Å². The van der Waals surface area contributed by atoms with E-state index >= 15 is 4.39 Å². The van der Waals surface area contributed by atoms with Crippen LogP contribution in [0.2, 0.25) is 0 Å². The Morgan fingerprint density at radius 1 is 1.07 bits per heavy atom. The Morgan fingerprint density at radius 3 is 2.40 bits per heavy atom.